The van der Waals surface area contributed by atoms with E-state index in [2.05, 4.69) is 102 Å². The van der Waals surface area contributed by atoms with Crippen LogP contribution < -0.4 is 4.57 Å². The van der Waals surface area contributed by atoms with E-state index in [0.29, 0.717) is 0 Å². The molecule has 0 fully saturated rings. The Morgan fingerprint density at radius 2 is 1.47 bits per heavy atom. The Bertz CT molecular complexity index is 1550. The van der Waals surface area contributed by atoms with Gasteiger partial charge in [-0.2, -0.15) is 4.57 Å². The molecule has 6 rings (SSSR count). The van der Waals surface area contributed by atoms with Crippen molar-refractivity contribution in [2.24, 2.45) is 7.05 Å². The van der Waals surface area contributed by atoms with Crippen molar-refractivity contribution in [3.8, 4) is 17.1 Å². The van der Waals surface area contributed by atoms with Crippen LogP contribution in [0, 0.1) is 6.92 Å². The molecule has 2 heterocycles. The number of imidazole rings is 1. The number of hydrogen-bond acceptors (Lipinski definition) is 1. The maximum atomic E-state index is 6.43. The summed E-state index contributed by atoms with van der Waals surface area (Å²) in [5.74, 6) is 1.12. The second-order valence-corrected chi connectivity index (χ2v) is 7.77. The van der Waals surface area contributed by atoms with E-state index < -0.39 is 0 Å². The van der Waals surface area contributed by atoms with Crippen LogP contribution in [0.1, 0.15) is 5.56 Å². The average Bonchev–Trinajstić information content (AvgIpc) is 3.30. The summed E-state index contributed by atoms with van der Waals surface area (Å²) in [6, 6.07) is 31.7. The maximum absolute atomic E-state index is 6.43. The van der Waals surface area contributed by atoms with Gasteiger partial charge < -0.3 is 4.42 Å². The fraction of sp³-hybridized carbons (Fsp3) is 0.0741. The average molecular weight is 389 g/mol. The number of para-hydroxylation sites is 4. The quantitative estimate of drug-likeness (QED) is 0.317. The molecule has 0 aliphatic heterocycles. The summed E-state index contributed by atoms with van der Waals surface area (Å²) in [6.45, 7) is 2.16. The molecule has 0 bridgehead atoms. The van der Waals surface area contributed by atoms with Crippen molar-refractivity contribution in [2.75, 3.05) is 0 Å². The van der Waals surface area contributed by atoms with Gasteiger partial charge in [-0.05, 0) is 42.8 Å². The van der Waals surface area contributed by atoms with Crippen molar-refractivity contribution in [3.63, 3.8) is 0 Å². The minimum absolute atomic E-state index is 0.921. The van der Waals surface area contributed by atoms with E-state index in [-0.39, 0.29) is 0 Å². The van der Waals surface area contributed by atoms with E-state index in [1.165, 1.54) is 16.6 Å². The van der Waals surface area contributed by atoms with Gasteiger partial charge in [0.2, 0.25) is 0 Å². The summed E-state index contributed by atoms with van der Waals surface area (Å²) in [6.07, 6.45) is 0. The van der Waals surface area contributed by atoms with Gasteiger partial charge in [0.25, 0.3) is 5.82 Å². The van der Waals surface area contributed by atoms with Gasteiger partial charge in [0, 0.05) is 10.8 Å². The zero-order chi connectivity index (χ0) is 20.2. The molecule has 0 amide bonds. The molecule has 0 saturated heterocycles. The third kappa shape index (κ3) is 2.29. The number of rotatable bonds is 2. The zero-order valence-electron chi connectivity index (χ0n) is 17.0. The second-order valence-electron chi connectivity index (χ2n) is 7.77. The van der Waals surface area contributed by atoms with E-state index in [1.807, 2.05) is 12.1 Å². The number of benzene rings is 4. The van der Waals surface area contributed by atoms with E-state index >= 15 is 0 Å². The van der Waals surface area contributed by atoms with Crippen LogP contribution in [0.5, 0.6) is 0 Å². The van der Waals surface area contributed by atoms with Gasteiger partial charge >= 0.3 is 0 Å². The highest BCUT2D eigenvalue weighted by Crippen LogP contribution is 2.38. The fourth-order valence-corrected chi connectivity index (χ4v) is 4.60. The monoisotopic (exact) mass is 389 g/mol. The van der Waals surface area contributed by atoms with Gasteiger partial charge in [-0.1, -0.05) is 60.7 Å². The molecule has 3 heteroatoms. The molecule has 0 unspecified atom stereocenters. The summed E-state index contributed by atoms with van der Waals surface area (Å²) in [4.78, 5) is 0. The van der Waals surface area contributed by atoms with Crippen molar-refractivity contribution in [1.29, 1.82) is 0 Å². The first-order valence-corrected chi connectivity index (χ1v) is 10.2. The van der Waals surface area contributed by atoms with Gasteiger partial charge in [-0.25, -0.2) is 4.57 Å². The van der Waals surface area contributed by atoms with Gasteiger partial charge in [0.1, 0.15) is 16.8 Å². The molecule has 0 N–H and O–H groups in total. The molecular weight excluding hydrogens is 368 g/mol. The standard InChI is InChI=1S/C27H21N2O/c1-18-16-17-21-20-12-6-9-15-24(20)30-26(21)25(18)27-28(2)22-13-7-8-14-23(22)29(27)19-10-4-3-5-11-19/h3-17H,1-2H3/q+1. The molecule has 0 radical (unpaired) electrons. The summed E-state index contributed by atoms with van der Waals surface area (Å²) in [7, 11) is 2.14. The number of hydrogen-bond donors (Lipinski definition) is 0. The van der Waals surface area contributed by atoms with Gasteiger partial charge in [-0.3, -0.25) is 0 Å². The summed E-state index contributed by atoms with van der Waals surface area (Å²) >= 11 is 0. The van der Waals surface area contributed by atoms with Crippen LogP contribution in [0.15, 0.2) is 95.4 Å². The molecule has 6 aromatic rings. The van der Waals surface area contributed by atoms with Crippen LogP contribution >= 0.6 is 0 Å². The van der Waals surface area contributed by atoms with Crippen molar-refractivity contribution < 1.29 is 8.98 Å². The second kappa shape index (κ2) is 6.33. The third-order valence-corrected chi connectivity index (χ3v) is 6.01. The lowest BCUT2D eigenvalue weighted by atomic mass is 10.0. The number of nitrogens with zero attached hydrogens (tertiary/aromatic N) is 2. The highest BCUT2D eigenvalue weighted by Gasteiger charge is 2.29. The molecule has 4 aromatic carbocycles. The van der Waals surface area contributed by atoms with Crippen molar-refractivity contribution in [1.82, 2.24) is 4.57 Å². The lowest BCUT2D eigenvalue weighted by molar-refractivity contribution is -0.633. The summed E-state index contributed by atoms with van der Waals surface area (Å²) in [5, 5.41) is 2.30. The Balaban J connectivity index is 1.82. The van der Waals surface area contributed by atoms with Crippen LogP contribution in [0.2, 0.25) is 0 Å². The van der Waals surface area contributed by atoms with E-state index in [0.717, 1.165) is 39.0 Å². The van der Waals surface area contributed by atoms with E-state index in [1.54, 1.807) is 0 Å². The van der Waals surface area contributed by atoms with E-state index in [4.69, 9.17) is 4.42 Å². The highest BCUT2D eigenvalue weighted by molar-refractivity contribution is 6.09. The van der Waals surface area contributed by atoms with Crippen LogP contribution in [0.4, 0.5) is 0 Å². The summed E-state index contributed by atoms with van der Waals surface area (Å²) < 4.78 is 11.0. The van der Waals surface area contributed by atoms with Crippen molar-refractivity contribution >= 4 is 33.0 Å². The minimum atomic E-state index is 0.921. The molecule has 0 aliphatic carbocycles. The first kappa shape index (κ1) is 17.0. The van der Waals surface area contributed by atoms with Crippen LogP contribution in [-0.2, 0) is 7.05 Å². The Hall–Kier alpha value is -3.85. The number of furan rings is 1. The molecule has 144 valence electrons. The SMILES string of the molecule is Cc1ccc2c(oc3ccccc32)c1-c1n(-c2ccccc2)c2ccccc2[n+]1C. The molecule has 0 aliphatic rings. The van der Waals surface area contributed by atoms with Crippen LogP contribution in [-0.4, -0.2) is 4.57 Å². The number of aromatic nitrogens is 2. The smallest absolute Gasteiger partial charge is 0.298 e. The predicted molar refractivity (Wildman–Crippen MR) is 122 cm³/mol. The highest BCUT2D eigenvalue weighted by atomic mass is 16.3. The van der Waals surface area contributed by atoms with Crippen molar-refractivity contribution in [3.05, 3.63) is 96.6 Å². The normalized spacial score (nSPS) is 11.7. The lowest BCUT2D eigenvalue weighted by Gasteiger charge is -2.07. The zero-order valence-corrected chi connectivity index (χ0v) is 17.0. The van der Waals surface area contributed by atoms with Gasteiger partial charge in [0.05, 0.1) is 7.05 Å². The molecule has 3 nitrogen and oxygen atoms in total. The van der Waals surface area contributed by atoms with Gasteiger partial charge in [-0.15, -0.1) is 0 Å². The molecule has 0 saturated carbocycles. The lowest BCUT2D eigenvalue weighted by Crippen LogP contribution is -2.30. The molecule has 2 aromatic heterocycles. The predicted octanol–water partition coefficient (Wildman–Crippen LogP) is 6.33. The molecule has 30 heavy (non-hydrogen) atoms. The van der Waals surface area contributed by atoms with Crippen LogP contribution in [0.3, 0.4) is 0 Å². The Kier molecular flexibility index (Phi) is 3.59. The number of fused-ring (bicyclic) bond motifs is 4. The topological polar surface area (TPSA) is 21.9 Å². The Morgan fingerprint density at radius 1 is 0.733 bits per heavy atom. The van der Waals surface area contributed by atoms with Gasteiger partial charge in [0.15, 0.2) is 16.6 Å². The molecular formula is C27H21N2O+. The largest absolute Gasteiger partial charge is 0.455 e. The van der Waals surface area contributed by atoms with E-state index in [9.17, 15) is 0 Å². The van der Waals surface area contributed by atoms with Crippen molar-refractivity contribution in [2.45, 2.75) is 6.92 Å². The molecule has 0 atom stereocenters. The maximum Gasteiger partial charge on any atom is 0.298 e. The Labute approximate surface area is 174 Å². The molecule has 0 spiro atoms. The summed E-state index contributed by atoms with van der Waals surface area (Å²) in [5.41, 5.74) is 7.67. The first-order valence-electron chi connectivity index (χ1n) is 10.2. The first-order chi connectivity index (χ1) is 14.7. The number of aryl methyl sites for hydroxylation is 2. The van der Waals surface area contributed by atoms with Crippen LogP contribution in [0.25, 0.3) is 50.0 Å². The minimum Gasteiger partial charge on any atom is -0.455 e. The fourth-order valence-electron chi connectivity index (χ4n) is 4.60. The third-order valence-electron chi connectivity index (χ3n) is 6.01. The Morgan fingerprint density at radius 3 is 2.33 bits per heavy atom.